The summed E-state index contributed by atoms with van der Waals surface area (Å²) in [6.45, 7) is 3.34. The summed E-state index contributed by atoms with van der Waals surface area (Å²) in [6.07, 6.45) is 2.39. The molecule has 3 fully saturated rings. The lowest BCUT2D eigenvalue weighted by Crippen LogP contribution is -2.48. The highest BCUT2D eigenvalue weighted by Crippen LogP contribution is 2.39. The Bertz CT molecular complexity index is 691. The summed E-state index contributed by atoms with van der Waals surface area (Å²) in [6, 6.07) is 3.45. The van der Waals surface area contributed by atoms with Crippen molar-refractivity contribution in [2.45, 2.75) is 18.9 Å². The largest absolute Gasteiger partial charge is 0.494 e. The second kappa shape index (κ2) is 4.59. The van der Waals surface area contributed by atoms with Crippen molar-refractivity contribution in [3.63, 3.8) is 0 Å². The van der Waals surface area contributed by atoms with Gasteiger partial charge in [0.1, 0.15) is 0 Å². The highest BCUT2D eigenvalue weighted by Gasteiger charge is 2.36. The first-order valence-corrected chi connectivity index (χ1v) is 7.40. The van der Waals surface area contributed by atoms with E-state index in [2.05, 4.69) is 14.5 Å². The Hall–Kier alpha value is -1.82. The lowest BCUT2D eigenvalue weighted by Gasteiger charge is -2.45. The minimum Gasteiger partial charge on any atom is -0.494 e. The molecule has 0 saturated carbocycles. The number of piperidine rings is 3. The van der Waals surface area contributed by atoms with Crippen LogP contribution < -0.4 is 10.5 Å². The van der Waals surface area contributed by atoms with E-state index >= 15 is 0 Å². The topological polar surface area (TPSA) is 56.3 Å². The number of ether oxygens (including phenoxy) is 1. The van der Waals surface area contributed by atoms with E-state index in [1.165, 1.54) is 39.1 Å². The van der Waals surface area contributed by atoms with Gasteiger partial charge in [0.05, 0.1) is 24.2 Å². The third-order valence-corrected chi connectivity index (χ3v) is 4.94. The highest BCUT2D eigenvalue weighted by atomic mass is 19.1. The van der Waals surface area contributed by atoms with Gasteiger partial charge >= 0.3 is 0 Å². The SMILES string of the molecule is COc1cc2c(cc1F)nc(N)n2C1CN2CCC1CC2. The molecule has 2 bridgehead atoms. The first kappa shape index (κ1) is 12.9. The minimum atomic E-state index is -0.399. The minimum absolute atomic E-state index is 0.241. The summed E-state index contributed by atoms with van der Waals surface area (Å²) in [7, 11) is 1.47. The maximum Gasteiger partial charge on any atom is 0.201 e. The van der Waals surface area contributed by atoms with Crippen LogP contribution in [0.2, 0.25) is 0 Å². The zero-order valence-corrected chi connectivity index (χ0v) is 12.1. The van der Waals surface area contributed by atoms with Crippen LogP contribution in [0.3, 0.4) is 0 Å². The molecule has 1 atom stereocenters. The number of methoxy groups -OCH3 is 1. The standard InChI is InChI=1S/C15H19FN4O/c1-21-14-7-12-11(6-10(14)16)18-15(17)20(12)13-8-19-4-2-9(13)3-5-19/h6-7,9,13H,2-5,8H2,1H3,(H2,17,18). The maximum atomic E-state index is 13.8. The fourth-order valence-corrected chi connectivity index (χ4v) is 3.85. The van der Waals surface area contributed by atoms with Crippen molar-refractivity contribution < 1.29 is 9.13 Å². The number of nitrogens with zero attached hydrogens (tertiary/aromatic N) is 3. The lowest BCUT2D eigenvalue weighted by atomic mass is 9.84. The Morgan fingerprint density at radius 3 is 2.71 bits per heavy atom. The molecular weight excluding hydrogens is 271 g/mol. The third-order valence-electron chi connectivity index (χ3n) is 4.94. The molecule has 1 unspecified atom stereocenters. The van der Waals surface area contributed by atoms with E-state index in [9.17, 15) is 4.39 Å². The van der Waals surface area contributed by atoms with Crippen molar-refractivity contribution in [3.05, 3.63) is 17.9 Å². The number of imidazole rings is 1. The number of halogens is 1. The van der Waals surface area contributed by atoms with E-state index in [0.29, 0.717) is 23.4 Å². The second-order valence-electron chi connectivity index (χ2n) is 6.02. The molecule has 1 aromatic carbocycles. The average Bonchev–Trinajstić information content (AvgIpc) is 2.82. The molecule has 3 aliphatic heterocycles. The number of rotatable bonds is 2. The molecule has 0 spiro atoms. The van der Waals surface area contributed by atoms with Crippen LogP contribution in [0.1, 0.15) is 18.9 Å². The van der Waals surface area contributed by atoms with Crippen LogP contribution in [0.4, 0.5) is 10.3 Å². The van der Waals surface area contributed by atoms with E-state index < -0.39 is 5.82 Å². The van der Waals surface area contributed by atoms with Gasteiger partial charge in [-0.05, 0) is 31.8 Å². The van der Waals surface area contributed by atoms with Gasteiger partial charge in [-0.15, -0.1) is 0 Å². The van der Waals surface area contributed by atoms with E-state index in [1.54, 1.807) is 6.07 Å². The monoisotopic (exact) mass is 290 g/mol. The molecule has 112 valence electrons. The van der Waals surface area contributed by atoms with Gasteiger partial charge in [0, 0.05) is 18.7 Å². The zero-order valence-electron chi connectivity index (χ0n) is 12.1. The molecule has 5 rings (SSSR count). The molecule has 0 aliphatic carbocycles. The van der Waals surface area contributed by atoms with Crippen molar-refractivity contribution in [1.82, 2.24) is 14.5 Å². The molecule has 3 saturated heterocycles. The van der Waals surface area contributed by atoms with E-state index in [-0.39, 0.29) is 5.75 Å². The fourth-order valence-electron chi connectivity index (χ4n) is 3.85. The Balaban J connectivity index is 1.86. The molecule has 2 aromatic rings. The molecule has 3 aliphatic rings. The predicted molar refractivity (Wildman–Crippen MR) is 78.9 cm³/mol. The number of nitrogen functional groups attached to an aromatic ring is 1. The predicted octanol–water partition coefficient (Wildman–Crippen LogP) is 2.03. The van der Waals surface area contributed by atoms with Crippen LogP contribution in [-0.4, -0.2) is 41.2 Å². The van der Waals surface area contributed by atoms with Crippen molar-refractivity contribution >= 4 is 17.0 Å². The normalized spacial score (nSPS) is 28.2. The Labute approximate surface area is 122 Å². The van der Waals surface area contributed by atoms with Gasteiger partial charge in [0.2, 0.25) is 5.95 Å². The molecule has 6 heteroatoms. The van der Waals surface area contributed by atoms with E-state index in [0.717, 1.165) is 12.1 Å². The van der Waals surface area contributed by atoms with Crippen molar-refractivity contribution in [2.24, 2.45) is 5.92 Å². The number of benzene rings is 1. The van der Waals surface area contributed by atoms with Crippen LogP contribution in [0.15, 0.2) is 12.1 Å². The van der Waals surface area contributed by atoms with Crippen molar-refractivity contribution in [1.29, 1.82) is 0 Å². The van der Waals surface area contributed by atoms with Gasteiger partial charge in [-0.25, -0.2) is 9.37 Å². The van der Waals surface area contributed by atoms with Crippen LogP contribution in [-0.2, 0) is 0 Å². The van der Waals surface area contributed by atoms with Gasteiger partial charge in [-0.1, -0.05) is 0 Å². The number of hydrogen-bond donors (Lipinski definition) is 1. The summed E-state index contributed by atoms with van der Waals surface area (Å²) < 4.78 is 21.0. The van der Waals surface area contributed by atoms with Crippen LogP contribution in [0, 0.1) is 11.7 Å². The number of aromatic nitrogens is 2. The zero-order chi connectivity index (χ0) is 14.6. The number of nitrogens with two attached hydrogens (primary N) is 1. The van der Waals surface area contributed by atoms with E-state index in [4.69, 9.17) is 10.5 Å². The Morgan fingerprint density at radius 2 is 2.10 bits per heavy atom. The number of hydrogen-bond acceptors (Lipinski definition) is 4. The molecule has 1 aromatic heterocycles. The molecule has 21 heavy (non-hydrogen) atoms. The average molecular weight is 290 g/mol. The summed E-state index contributed by atoms with van der Waals surface area (Å²) >= 11 is 0. The smallest absolute Gasteiger partial charge is 0.201 e. The summed E-state index contributed by atoms with van der Waals surface area (Å²) in [4.78, 5) is 6.80. The molecule has 0 radical (unpaired) electrons. The van der Waals surface area contributed by atoms with Crippen molar-refractivity contribution in [3.8, 4) is 5.75 Å². The summed E-state index contributed by atoms with van der Waals surface area (Å²) in [5.74, 6) is 0.940. The fraction of sp³-hybridized carbons (Fsp3) is 0.533. The Morgan fingerprint density at radius 1 is 1.33 bits per heavy atom. The molecule has 5 nitrogen and oxygen atoms in total. The second-order valence-corrected chi connectivity index (χ2v) is 6.02. The third kappa shape index (κ3) is 1.89. The summed E-state index contributed by atoms with van der Waals surface area (Å²) in [5, 5.41) is 0. The molecule has 4 heterocycles. The number of anilines is 1. The highest BCUT2D eigenvalue weighted by molar-refractivity contribution is 5.80. The van der Waals surface area contributed by atoms with E-state index in [1.807, 2.05) is 0 Å². The molecular formula is C15H19FN4O. The Kier molecular flexibility index (Phi) is 2.82. The van der Waals surface area contributed by atoms with Crippen LogP contribution in [0.25, 0.3) is 11.0 Å². The van der Waals surface area contributed by atoms with Gasteiger partial charge in [0.25, 0.3) is 0 Å². The summed E-state index contributed by atoms with van der Waals surface area (Å²) in [5.41, 5.74) is 7.59. The molecule has 0 amide bonds. The van der Waals surface area contributed by atoms with Gasteiger partial charge < -0.3 is 19.9 Å². The lowest BCUT2D eigenvalue weighted by molar-refractivity contribution is 0.0598. The molecule has 2 N–H and O–H groups in total. The van der Waals surface area contributed by atoms with Crippen molar-refractivity contribution in [2.75, 3.05) is 32.5 Å². The number of fused-ring (bicyclic) bond motifs is 4. The van der Waals surface area contributed by atoms with Gasteiger partial charge in [-0.3, -0.25) is 0 Å². The van der Waals surface area contributed by atoms with Crippen LogP contribution in [0.5, 0.6) is 5.75 Å². The first-order valence-electron chi connectivity index (χ1n) is 7.40. The maximum absolute atomic E-state index is 13.8. The van der Waals surface area contributed by atoms with Crippen LogP contribution >= 0.6 is 0 Å². The van der Waals surface area contributed by atoms with Gasteiger partial charge in [-0.2, -0.15) is 0 Å². The first-order chi connectivity index (χ1) is 10.2. The van der Waals surface area contributed by atoms with Gasteiger partial charge in [0.15, 0.2) is 11.6 Å². The quantitative estimate of drug-likeness (QED) is 0.919.